The molecule has 136 valence electrons. The molecule has 0 saturated heterocycles. The molecule has 1 atom stereocenters. The molecule has 1 aliphatic heterocycles. The van der Waals surface area contributed by atoms with Crippen LogP contribution in [-0.4, -0.2) is 55.0 Å². The van der Waals surface area contributed by atoms with Crippen molar-refractivity contribution >= 4 is 11.8 Å². The summed E-state index contributed by atoms with van der Waals surface area (Å²) in [7, 11) is 0. The minimum atomic E-state index is -2.71. The van der Waals surface area contributed by atoms with Crippen LogP contribution in [0.15, 0.2) is 30.9 Å². The van der Waals surface area contributed by atoms with Gasteiger partial charge < -0.3 is 10.2 Å². The quantitative estimate of drug-likeness (QED) is 0.871. The van der Waals surface area contributed by atoms with Crippen molar-refractivity contribution in [2.75, 3.05) is 6.54 Å². The Hall–Kier alpha value is -2.91. The predicted octanol–water partition coefficient (Wildman–Crippen LogP) is 0.784. The monoisotopic (exact) mass is 362 g/mol. The molecule has 0 bridgehead atoms. The number of amides is 2. The molecule has 2 amide bonds. The van der Waals surface area contributed by atoms with Gasteiger partial charge in [-0.3, -0.25) is 19.3 Å². The standard InChI is InChI=1S/C16H16F2N6O2/c17-16(18)5-10(6-16)22-14(25)13-9-23(8-11-1-2-21-24(11)13)15(26)12-7-19-3-4-20-12/h1-4,7,10,13H,5-6,8-9H2,(H,22,25)/t13-/m1/s1. The highest BCUT2D eigenvalue weighted by Gasteiger charge is 2.47. The second-order valence-electron chi connectivity index (χ2n) is 6.53. The van der Waals surface area contributed by atoms with Crippen molar-refractivity contribution in [2.45, 2.75) is 37.4 Å². The molecule has 0 radical (unpaired) electrons. The van der Waals surface area contributed by atoms with Crippen LogP contribution in [0.2, 0.25) is 0 Å². The predicted molar refractivity (Wildman–Crippen MR) is 84.1 cm³/mol. The normalized spacial score (nSPS) is 21.6. The maximum atomic E-state index is 13.0. The third-order valence-electron chi connectivity index (χ3n) is 4.60. The van der Waals surface area contributed by atoms with Gasteiger partial charge in [-0.1, -0.05) is 0 Å². The molecule has 2 aliphatic rings. The van der Waals surface area contributed by atoms with Gasteiger partial charge in [0, 0.05) is 37.5 Å². The van der Waals surface area contributed by atoms with E-state index in [9.17, 15) is 18.4 Å². The van der Waals surface area contributed by atoms with Gasteiger partial charge in [-0.25, -0.2) is 13.8 Å². The number of alkyl halides is 2. The molecule has 8 nitrogen and oxygen atoms in total. The lowest BCUT2D eigenvalue weighted by Crippen LogP contribution is -2.54. The zero-order chi connectivity index (χ0) is 18.3. The molecule has 10 heteroatoms. The molecular weight excluding hydrogens is 346 g/mol. The number of carbonyl (C=O) groups excluding carboxylic acids is 2. The van der Waals surface area contributed by atoms with E-state index in [2.05, 4.69) is 20.4 Å². The van der Waals surface area contributed by atoms with Gasteiger partial charge in [0.25, 0.3) is 11.8 Å². The number of aromatic nitrogens is 4. The highest BCUT2D eigenvalue weighted by molar-refractivity contribution is 5.92. The highest BCUT2D eigenvalue weighted by Crippen LogP contribution is 2.37. The van der Waals surface area contributed by atoms with Crippen LogP contribution in [0.3, 0.4) is 0 Å². The van der Waals surface area contributed by atoms with Crippen LogP contribution in [0.5, 0.6) is 0 Å². The first-order valence-corrected chi connectivity index (χ1v) is 8.19. The zero-order valence-corrected chi connectivity index (χ0v) is 13.7. The molecule has 0 unspecified atom stereocenters. The van der Waals surface area contributed by atoms with Crippen molar-refractivity contribution in [2.24, 2.45) is 0 Å². The molecular formula is C16H16F2N6O2. The molecule has 3 heterocycles. The third kappa shape index (κ3) is 3.02. The fourth-order valence-electron chi connectivity index (χ4n) is 3.27. The lowest BCUT2D eigenvalue weighted by atomic mass is 9.88. The van der Waals surface area contributed by atoms with Gasteiger partial charge in [-0.15, -0.1) is 0 Å². The lowest BCUT2D eigenvalue weighted by Gasteiger charge is -2.38. The van der Waals surface area contributed by atoms with Gasteiger partial charge in [0.2, 0.25) is 5.91 Å². The fraction of sp³-hybridized carbons (Fsp3) is 0.438. The van der Waals surface area contributed by atoms with Crippen LogP contribution in [0.25, 0.3) is 0 Å². The van der Waals surface area contributed by atoms with Crippen molar-refractivity contribution in [1.82, 2.24) is 30.0 Å². The van der Waals surface area contributed by atoms with Gasteiger partial charge in [0.1, 0.15) is 11.7 Å². The summed E-state index contributed by atoms with van der Waals surface area (Å²) in [5.41, 5.74) is 0.867. The second kappa shape index (κ2) is 6.11. The number of rotatable bonds is 3. The Bertz CT molecular complexity index is 832. The number of hydrogen-bond donors (Lipinski definition) is 1. The molecule has 2 aromatic rings. The average molecular weight is 362 g/mol. The molecule has 1 fully saturated rings. The topological polar surface area (TPSA) is 93.0 Å². The lowest BCUT2D eigenvalue weighted by molar-refractivity contribution is -0.133. The van der Waals surface area contributed by atoms with E-state index in [1.165, 1.54) is 28.2 Å². The third-order valence-corrected chi connectivity index (χ3v) is 4.60. The number of fused-ring (bicyclic) bond motifs is 1. The van der Waals surface area contributed by atoms with Crippen LogP contribution < -0.4 is 5.32 Å². The van der Waals surface area contributed by atoms with E-state index in [0.29, 0.717) is 5.69 Å². The summed E-state index contributed by atoms with van der Waals surface area (Å²) in [6.07, 6.45) is 5.07. The van der Waals surface area contributed by atoms with Crippen molar-refractivity contribution < 1.29 is 18.4 Å². The molecule has 1 saturated carbocycles. The van der Waals surface area contributed by atoms with E-state index in [4.69, 9.17) is 0 Å². The van der Waals surface area contributed by atoms with Crippen LogP contribution in [0.1, 0.15) is 35.1 Å². The van der Waals surface area contributed by atoms with Gasteiger partial charge in [-0.2, -0.15) is 5.10 Å². The maximum Gasteiger partial charge on any atom is 0.274 e. The Labute approximate surface area is 147 Å². The Morgan fingerprint density at radius 2 is 2.04 bits per heavy atom. The number of halogens is 2. The Morgan fingerprint density at radius 1 is 1.23 bits per heavy atom. The van der Waals surface area contributed by atoms with E-state index in [1.807, 2.05) is 0 Å². The van der Waals surface area contributed by atoms with Crippen molar-refractivity contribution in [3.05, 3.63) is 42.2 Å². The van der Waals surface area contributed by atoms with Crippen molar-refractivity contribution in [3.63, 3.8) is 0 Å². The fourth-order valence-corrected chi connectivity index (χ4v) is 3.27. The molecule has 2 aromatic heterocycles. The first-order chi connectivity index (χ1) is 12.4. The summed E-state index contributed by atoms with van der Waals surface area (Å²) in [4.78, 5) is 34.6. The van der Waals surface area contributed by atoms with E-state index in [1.54, 1.807) is 12.3 Å². The Kier molecular flexibility index (Phi) is 3.89. The molecule has 1 aliphatic carbocycles. The van der Waals surface area contributed by atoms with Gasteiger partial charge in [0.15, 0.2) is 0 Å². The van der Waals surface area contributed by atoms with E-state index in [0.717, 1.165) is 0 Å². The molecule has 4 rings (SSSR count). The summed E-state index contributed by atoms with van der Waals surface area (Å²) in [5.74, 6) is -3.49. The molecule has 26 heavy (non-hydrogen) atoms. The number of hydrogen-bond acceptors (Lipinski definition) is 5. The maximum absolute atomic E-state index is 13.0. The van der Waals surface area contributed by atoms with Crippen molar-refractivity contribution in [3.8, 4) is 0 Å². The summed E-state index contributed by atoms with van der Waals surface area (Å²) < 4.78 is 27.5. The Morgan fingerprint density at radius 3 is 2.73 bits per heavy atom. The number of nitrogens with zero attached hydrogens (tertiary/aromatic N) is 5. The smallest absolute Gasteiger partial charge is 0.274 e. The van der Waals surface area contributed by atoms with Gasteiger partial charge in [0.05, 0.1) is 25.0 Å². The number of nitrogens with one attached hydrogen (secondary N) is 1. The van der Waals surface area contributed by atoms with Crippen LogP contribution >= 0.6 is 0 Å². The van der Waals surface area contributed by atoms with Gasteiger partial charge in [-0.05, 0) is 6.07 Å². The molecule has 1 N–H and O–H groups in total. The molecule has 0 aromatic carbocycles. The van der Waals surface area contributed by atoms with Crippen molar-refractivity contribution in [1.29, 1.82) is 0 Å². The first kappa shape index (κ1) is 16.6. The largest absolute Gasteiger partial charge is 0.351 e. The summed E-state index contributed by atoms with van der Waals surface area (Å²) >= 11 is 0. The van der Waals surface area contributed by atoms with Gasteiger partial charge >= 0.3 is 0 Å². The average Bonchev–Trinajstić information content (AvgIpc) is 3.08. The number of carbonyl (C=O) groups is 2. The van der Waals surface area contributed by atoms with Crippen LogP contribution in [0.4, 0.5) is 8.78 Å². The summed E-state index contributed by atoms with van der Waals surface area (Å²) in [5, 5.41) is 6.77. The minimum absolute atomic E-state index is 0.0824. The Balaban J connectivity index is 1.51. The first-order valence-electron chi connectivity index (χ1n) is 8.19. The minimum Gasteiger partial charge on any atom is -0.351 e. The highest BCUT2D eigenvalue weighted by atomic mass is 19.3. The van der Waals surface area contributed by atoms with Crippen LogP contribution in [-0.2, 0) is 11.3 Å². The summed E-state index contributed by atoms with van der Waals surface area (Å²) in [6, 6.07) is 0.389. The van der Waals surface area contributed by atoms with Crippen LogP contribution in [0, 0.1) is 0 Å². The SMILES string of the molecule is O=C(NC1CC(F)(F)C1)[C@H]1CN(C(=O)c2cnccn2)Cc2ccnn21. The zero-order valence-electron chi connectivity index (χ0n) is 13.7. The van der Waals surface area contributed by atoms with E-state index in [-0.39, 0.29) is 37.5 Å². The summed E-state index contributed by atoms with van der Waals surface area (Å²) in [6.45, 7) is 0.361. The van der Waals surface area contributed by atoms with E-state index < -0.39 is 23.9 Å². The second-order valence-corrected chi connectivity index (χ2v) is 6.53. The van der Waals surface area contributed by atoms with E-state index >= 15 is 0 Å². The molecule has 0 spiro atoms.